The fourth-order valence-corrected chi connectivity index (χ4v) is 2.22. The largest absolute Gasteiger partial charge is 0.313 e. The first-order valence-corrected chi connectivity index (χ1v) is 5.37. The summed E-state index contributed by atoms with van der Waals surface area (Å²) in [6.45, 7) is 2.92. The quantitative estimate of drug-likeness (QED) is 0.793. The summed E-state index contributed by atoms with van der Waals surface area (Å²) in [6, 6.07) is 3.95. The summed E-state index contributed by atoms with van der Waals surface area (Å²) in [5.74, 6) is -0.642. The Morgan fingerprint density at radius 1 is 1.40 bits per heavy atom. The molecule has 0 bridgehead atoms. The van der Waals surface area contributed by atoms with Crippen molar-refractivity contribution in [1.29, 1.82) is 0 Å². The molecule has 0 spiro atoms. The Labute approximate surface area is 88.5 Å². The molecule has 1 aliphatic heterocycles. The van der Waals surface area contributed by atoms with Gasteiger partial charge in [0.1, 0.15) is 11.6 Å². The minimum absolute atomic E-state index is 0.0307. The van der Waals surface area contributed by atoms with Gasteiger partial charge in [0.25, 0.3) is 0 Å². The summed E-state index contributed by atoms with van der Waals surface area (Å²) in [7, 11) is 0. The van der Waals surface area contributed by atoms with E-state index in [0.29, 0.717) is 5.56 Å². The molecule has 1 saturated heterocycles. The first-order chi connectivity index (χ1) is 7.18. The van der Waals surface area contributed by atoms with Crippen LogP contribution >= 0.6 is 0 Å². The molecule has 1 N–H and O–H groups in total. The van der Waals surface area contributed by atoms with Crippen LogP contribution in [0.15, 0.2) is 18.2 Å². The van der Waals surface area contributed by atoms with Gasteiger partial charge in [0, 0.05) is 6.04 Å². The maximum absolute atomic E-state index is 13.5. The highest BCUT2D eigenvalue weighted by Crippen LogP contribution is 2.27. The van der Waals surface area contributed by atoms with Crippen molar-refractivity contribution in [3.8, 4) is 0 Å². The lowest BCUT2D eigenvalue weighted by atomic mass is 9.92. The van der Waals surface area contributed by atoms with Crippen molar-refractivity contribution >= 4 is 0 Å². The average molecular weight is 211 g/mol. The molecule has 0 radical (unpaired) electrons. The standard InChI is InChI=1S/C12H15F2N/c1-8(12-3-2-6-15-12)10-7-9(13)4-5-11(10)14/h4-5,7-8,12,15H,2-3,6H2,1H3. The SMILES string of the molecule is CC(c1cc(F)ccc1F)C1CCCN1. The van der Waals surface area contributed by atoms with E-state index in [4.69, 9.17) is 0 Å². The second-order valence-electron chi connectivity index (χ2n) is 4.16. The third kappa shape index (κ3) is 2.17. The molecule has 0 saturated carbocycles. The first-order valence-electron chi connectivity index (χ1n) is 5.37. The third-order valence-electron chi connectivity index (χ3n) is 3.15. The van der Waals surface area contributed by atoms with E-state index < -0.39 is 0 Å². The Morgan fingerprint density at radius 3 is 2.87 bits per heavy atom. The molecule has 2 rings (SSSR count). The number of rotatable bonds is 2. The summed E-state index contributed by atoms with van der Waals surface area (Å²) in [5, 5.41) is 3.31. The zero-order valence-corrected chi connectivity index (χ0v) is 8.76. The molecule has 82 valence electrons. The normalized spacial score (nSPS) is 23.0. The van der Waals surface area contributed by atoms with E-state index in [1.165, 1.54) is 12.1 Å². The lowest BCUT2D eigenvalue weighted by molar-refractivity contribution is 0.487. The van der Waals surface area contributed by atoms with Gasteiger partial charge < -0.3 is 5.32 Å². The van der Waals surface area contributed by atoms with Crippen LogP contribution in [0, 0.1) is 11.6 Å². The number of hydrogen-bond donors (Lipinski definition) is 1. The van der Waals surface area contributed by atoms with Crippen molar-refractivity contribution in [1.82, 2.24) is 5.32 Å². The lowest BCUT2D eigenvalue weighted by Crippen LogP contribution is -2.27. The second-order valence-corrected chi connectivity index (χ2v) is 4.16. The predicted octanol–water partition coefficient (Wildman–Crippen LogP) is 2.82. The fraction of sp³-hybridized carbons (Fsp3) is 0.500. The molecular weight excluding hydrogens is 196 g/mol. The van der Waals surface area contributed by atoms with Crippen LogP contribution in [0.4, 0.5) is 8.78 Å². The van der Waals surface area contributed by atoms with Crippen molar-refractivity contribution in [2.45, 2.75) is 31.7 Å². The van der Waals surface area contributed by atoms with E-state index in [0.717, 1.165) is 25.5 Å². The van der Waals surface area contributed by atoms with E-state index in [1.54, 1.807) is 0 Å². The molecule has 0 amide bonds. The summed E-state index contributed by atoms with van der Waals surface area (Å²) in [6.07, 6.45) is 2.16. The highest BCUT2D eigenvalue weighted by Gasteiger charge is 2.24. The van der Waals surface area contributed by atoms with Gasteiger partial charge in [0.05, 0.1) is 0 Å². The van der Waals surface area contributed by atoms with Gasteiger partial charge in [0.2, 0.25) is 0 Å². The predicted molar refractivity (Wildman–Crippen MR) is 55.8 cm³/mol. The van der Waals surface area contributed by atoms with Crippen molar-refractivity contribution in [3.05, 3.63) is 35.4 Å². The number of halogens is 2. The molecule has 2 atom stereocenters. The summed E-state index contributed by atoms with van der Waals surface area (Å²) in [5.41, 5.74) is 0.481. The maximum Gasteiger partial charge on any atom is 0.126 e. The van der Waals surface area contributed by atoms with Crippen molar-refractivity contribution in [2.24, 2.45) is 0 Å². The second kappa shape index (κ2) is 4.27. The van der Waals surface area contributed by atoms with Gasteiger partial charge in [-0.3, -0.25) is 0 Å². The molecule has 1 aliphatic rings. The Hall–Kier alpha value is -0.960. The molecule has 2 unspecified atom stereocenters. The molecule has 0 aromatic heterocycles. The highest BCUT2D eigenvalue weighted by molar-refractivity contribution is 5.24. The number of hydrogen-bond acceptors (Lipinski definition) is 1. The Balaban J connectivity index is 2.23. The van der Waals surface area contributed by atoms with Crippen LogP contribution in [0.25, 0.3) is 0 Å². The third-order valence-corrected chi connectivity index (χ3v) is 3.15. The molecular formula is C12H15F2N. The van der Waals surface area contributed by atoms with Crippen LogP contribution < -0.4 is 5.32 Å². The van der Waals surface area contributed by atoms with Gasteiger partial charge in [-0.05, 0) is 49.1 Å². The maximum atomic E-state index is 13.5. The van der Waals surface area contributed by atoms with Crippen molar-refractivity contribution < 1.29 is 8.78 Å². The Kier molecular flexibility index (Phi) is 3.00. The summed E-state index contributed by atoms with van der Waals surface area (Å²) < 4.78 is 26.5. The zero-order chi connectivity index (χ0) is 10.8. The molecule has 1 fully saturated rings. The summed E-state index contributed by atoms with van der Waals surface area (Å²) in [4.78, 5) is 0. The van der Waals surface area contributed by atoms with E-state index in [2.05, 4.69) is 5.32 Å². The van der Waals surface area contributed by atoms with Gasteiger partial charge in [0.15, 0.2) is 0 Å². The molecule has 0 aliphatic carbocycles. The highest BCUT2D eigenvalue weighted by atomic mass is 19.1. The van der Waals surface area contributed by atoms with Crippen LogP contribution in [0.2, 0.25) is 0 Å². The molecule has 1 heterocycles. The minimum Gasteiger partial charge on any atom is -0.313 e. The minimum atomic E-state index is -0.365. The van der Waals surface area contributed by atoms with Gasteiger partial charge >= 0.3 is 0 Å². The van der Waals surface area contributed by atoms with E-state index >= 15 is 0 Å². The summed E-state index contributed by atoms with van der Waals surface area (Å²) >= 11 is 0. The zero-order valence-electron chi connectivity index (χ0n) is 8.76. The van der Waals surface area contributed by atoms with Gasteiger partial charge in [-0.15, -0.1) is 0 Å². The van der Waals surface area contributed by atoms with Gasteiger partial charge in [-0.2, -0.15) is 0 Å². The fourth-order valence-electron chi connectivity index (χ4n) is 2.22. The molecule has 3 heteroatoms. The average Bonchev–Trinajstić information content (AvgIpc) is 2.74. The molecule has 1 aromatic rings. The first kappa shape index (κ1) is 10.6. The number of nitrogens with one attached hydrogen (secondary N) is 1. The van der Waals surface area contributed by atoms with Crippen LogP contribution in [0.3, 0.4) is 0 Å². The van der Waals surface area contributed by atoms with E-state index in [9.17, 15) is 8.78 Å². The van der Waals surface area contributed by atoms with Gasteiger partial charge in [-0.25, -0.2) is 8.78 Å². The van der Waals surface area contributed by atoms with Crippen LogP contribution in [0.1, 0.15) is 31.2 Å². The van der Waals surface area contributed by atoms with Crippen LogP contribution in [-0.4, -0.2) is 12.6 Å². The van der Waals surface area contributed by atoms with E-state index in [1.807, 2.05) is 6.92 Å². The smallest absolute Gasteiger partial charge is 0.126 e. The van der Waals surface area contributed by atoms with Crippen LogP contribution in [0.5, 0.6) is 0 Å². The monoisotopic (exact) mass is 211 g/mol. The molecule has 1 aromatic carbocycles. The van der Waals surface area contributed by atoms with E-state index in [-0.39, 0.29) is 23.6 Å². The number of benzene rings is 1. The lowest BCUT2D eigenvalue weighted by Gasteiger charge is -2.20. The molecule has 1 nitrogen and oxygen atoms in total. The topological polar surface area (TPSA) is 12.0 Å². The van der Waals surface area contributed by atoms with Crippen molar-refractivity contribution in [2.75, 3.05) is 6.54 Å². The molecule has 15 heavy (non-hydrogen) atoms. The van der Waals surface area contributed by atoms with Crippen LogP contribution in [-0.2, 0) is 0 Å². The Morgan fingerprint density at radius 2 is 2.20 bits per heavy atom. The van der Waals surface area contributed by atoms with Gasteiger partial charge in [-0.1, -0.05) is 6.92 Å². The van der Waals surface area contributed by atoms with Crippen molar-refractivity contribution in [3.63, 3.8) is 0 Å². The Bertz CT molecular complexity index is 345.